The van der Waals surface area contributed by atoms with Gasteiger partial charge >= 0.3 is 5.97 Å². The molecule has 0 aliphatic heterocycles. The third-order valence-electron chi connectivity index (χ3n) is 2.22. The van der Waals surface area contributed by atoms with Gasteiger partial charge in [-0.2, -0.15) is 4.31 Å². The number of halogens is 1. The van der Waals surface area contributed by atoms with Crippen LogP contribution in [0.3, 0.4) is 0 Å². The van der Waals surface area contributed by atoms with Gasteiger partial charge in [-0.3, -0.25) is 4.79 Å². The second-order valence-electron chi connectivity index (χ2n) is 3.37. The molecule has 0 bridgehead atoms. The largest absolute Gasteiger partial charge is 0.480 e. The van der Waals surface area contributed by atoms with Crippen molar-refractivity contribution in [2.45, 2.75) is 24.2 Å². The average Bonchev–Trinajstić information content (AvgIpc) is 2.57. The molecule has 1 N–H and O–H groups in total. The van der Waals surface area contributed by atoms with Crippen molar-refractivity contribution in [3.63, 3.8) is 0 Å². The molecule has 0 saturated heterocycles. The lowest BCUT2D eigenvalue weighted by Gasteiger charge is -2.19. The SMILES string of the molecule is Cc1nc(S(=O)(=O)N(C)C(C)C(=O)O)sc1Br. The first-order chi connectivity index (χ1) is 7.67. The van der Waals surface area contributed by atoms with E-state index in [4.69, 9.17) is 5.11 Å². The first-order valence-corrected chi connectivity index (χ1v) is 7.56. The highest BCUT2D eigenvalue weighted by molar-refractivity contribution is 9.11. The van der Waals surface area contributed by atoms with Gasteiger partial charge in [0.2, 0.25) is 4.34 Å². The summed E-state index contributed by atoms with van der Waals surface area (Å²) < 4.78 is 25.4. The summed E-state index contributed by atoms with van der Waals surface area (Å²) in [6, 6.07) is -1.14. The van der Waals surface area contributed by atoms with Crippen LogP contribution in [0.5, 0.6) is 0 Å². The number of hydrogen-bond acceptors (Lipinski definition) is 5. The number of thiazole rings is 1. The number of aliphatic carboxylic acids is 1. The van der Waals surface area contributed by atoms with E-state index in [1.165, 1.54) is 14.0 Å². The number of carbonyl (C=O) groups is 1. The third kappa shape index (κ3) is 2.84. The van der Waals surface area contributed by atoms with E-state index in [2.05, 4.69) is 20.9 Å². The van der Waals surface area contributed by atoms with Crippen LogP contribution in [-0.4, -0.2) is 41.9 Å². The number of aryl methyl sites for hydroxylation is 1. The average molecular weight is 343 g/mol. The molecule has 0 fully saturated rings. The topological polar surface area (TPSA) is 87.6 Å². The molecule has 1 rings (SSSR count). The van der Waals surface area contributed by atoms with Crippen LogP contribution in [0.4, 0.5) is 0 Å². The lowest BCUT2D eigenvalue weighted by Crippen LogP contribution is -2.40. The summed E-state index contributed by atoms with van der Waals surface area (Å²) in [5, 5.41) is 8.79. The van der Waals surface area contributed by atoms with Crippen molar-refractivity contribution < 1.29 is 18.3 Å². The van der Waals surface area contributed by atoms with Gasteiger partial charge in [-0.15, -0.1) is 0 Å². The van der Waals surface area contributed by atoms with Crippen LogP contribution in [0.25, 0.3) is 0 Å². The van der Waals surface area contributed by atoms with Crippen LogP contribution in [0.2, 0.25) is 0 Å². The molecule has 1 atom stereocenters. The molecule has 0 amide bonds. The molecule has 0 radical (unpaired) electrons. The summed E-state index contributed by atoms with van der Waals surface area (Å²) in [5.41, 5.74) is 0.560. The number of aromatic nitrogens is 1. The number of nitrogens with zero attached hydrogens (tertiary/aromatic N) is 2. The highest BCUT2D eigenvalue weighted by Gasteiger charge is 2.32. The number of sulfonamides is 1. The molecule has 0 aliphatic carbocycles. The molecule has 1 heterocycles. The van der Waals surface area contributed by atoms with E-state index in [1.54, 1.807) is 6.92 Å². The van der Waals surface area contributed by atoms with Crippen LogP contribution < -0.4 is 0 Å². The van der Waals surface area contributed by atoms with Crippen molar-refractivity contribution in [3.05, 3.63) is 9.48 Å². The maximum absolute atomic E-state index is 12.0. The zero-order chi connectivity index (χ0) is 13.4. The summed E-state index contributed by atoms with van der Waals surface area (Å²) in [6.45, 7) is 2.97. The monoisotopic (exact) mass is 342 g/mol. The Morgan fingerprint density at radius 3 is 2.47 bits per heavy atom. The van der Waals surface area contributed by atoms with E-state index in [1.807, 2.05) is 0 Å². The molecule has 0 saturated carbocycles. The molecule has 96 valence electrons. The van der Waals surface area contributed by atoms with Crippen LogP contribution in [0.1, 0.15) is 12.6 Å². The second-order valence-corrected chi connectivity index (χ2v) is 7.86. The zero-order valence-electron chi connectivity index (χ0n) is 9.34. The van der Waals surface area contributed by atoms with E-state index < -0.39 is 22.0 Å². The Bertz CT molecular complexity index is 520. The number of carboxylic acid groups (broad SMARTS) is 1. The standard InChI is InChI=1S/C8H11BrN2O4S2/c1-4-6(9)16-8(10-4)17(14,15)11(3)5(2)7(12)13/h5H,1-3H3,(H,12,13). The normalized spacial score (nSPS) is 13.9. The van der Waals surface area contributed by atoms with Gasteiger partial charge in [-0.1, -0.05) is 11.3 Å². The molecular weight excluding hydrogens is 332 g/mol. The summed E-state index contributed by atoms with van der Waals surface area (Å²) in [5.74, 6) is -1.21. The third-order valence-corrected chi connectivity index (χ3v) is 6.51. The van der Waals surface area contributed by atoms with Gasteiger partial charge in [-0.25, -0.2) is 13.4 Å². The van der Waals surface area contributed by atoms with Gasteiger partial charge in [0.1, 0.15) is 6.04 Å². The Labute approximate surface area is 111 Å². The quantitative estimate of drug-likeness (QED) is 0.891. The van der Waals surface area contributed by atoms with E-state index in [9.17, 15) is 13.2 Å². The molecule has 9 heteroatoms. The van der Waals surface area contributed by atoms with E-state index in [-0.39, 0.29) is 4.34 Å². The Hall–Kier alpha value is -0.510. The fourth-order valence-corrected chi connectivity index (χ4v) is 4.38. The number of rotatable bonds is 4. The minimum atomic E-state index is -3.85. The van der Waals surface area contributed by atoms with E-state index in [0.29, 0.717) is 9.48 Å². The lowest BCUT2D eigenvalue weighted by molar-refractivity contribution is -0.140. The van der Waals surface area contributed by atoms with Gasteiger partial charge in [0.25, 0.3) is 10.0 Å². The molecular formula is C8H11BrN2O4S2. The molecule has 1 unspecified atom stereocenters. The highest BCUT2D eigenvalue weighted by Crippen LogP contribution is 2.29. The van der Waals surface area contributed by atoms with Crippen LogP contribution in [0, 0.1) is 6.92 Å². The summed E-state index contributed by atoms with van der Waals surface area (Å²) in [4.78, 5) is 14.7. The molecule has 6 nitrogen and oxygen atoms in total. The van der Waals surface area contributed by atoms with Crippen LogP contribution in [-0.2, 0) is 14.8 Å². The molecule has 0 spiro atoms. The molecule has 1 aromatic heterocycles. The Morgan fingerprint density at radius 2 is 2.12 bits per heavy atom. The fourth-order valence-electron chi connectivity index (χ4n) is 0.951. The van der Waals surface area contributed by atoms with E-state index in [0.717, 1.165) is 15.6 Å². The van der Waals surface area contributed by atoms with Gasteiger partial charge in [0, 0.05) is 7.05 Å². The summed E-state index contributed by atoms with van der Waals surface area (Å²) >= 11 is 4.14. The van der Waals surface area contributed by atoms with Crippen molar-refractivity contribution in [2.75, 3.05) is 7.05 Å². The summed E-state index contributed by atoms with van der Waals surface area (Å²) in [7, 11) is -2.63. The minimum absolute atomic E-state index is 0.113. The molecule has 0 aliphatic rings. The maximum Gasteiger partial charge on any atom is 0.321 e. The molecule has 0 aromatic carbocycles. The van der Waals surface area contributed by atoms with Crippen LogP contribution >= 0.6 is 27.3 Å². The number of hydrogen-bond donors (Lipinski definition) is 1. The first-order valence-electron chi connectivity index (χ1n) is 4.51. The van der Waals surface area contributed by atoms with Crippen molar-refractivity contribution in [1.29, 1.82) is 0 Å². The van der Waals surface area contributed by atoms with Crippen molar-refractivity contribution >= 4 is 43.3 Å². The minimum Gasteiger partial charge on any atom is -0.480 e. The van der Waals surface area contributed by atoms with E-state index >= 15 is 0 Å². The lowest BCUT2D eigenvalue weighted by atomic mass is 10.4. The Kier molecular flexibility index (Phi) is 4.28. The maximum atomic E-state index is 12.0. The Morgan fingerprint density at radius 1 is 1.59 bits per heavy atom. The number of carboxylic acids is 1. The van der Waals surface area contributed by atoms with Gasteiger partial charge in [0.05, 0.1) is 9.48 Å². The summed E-state index contributed by atoms with van der Waals surface area (Å²) in [6.07, 6.45) is 0. The van der Waals surface area contributed by atoms with Crippen molar-refractivity contribution in [2.24, 2.45) is 0 Å². The first kappa shape index (κ1) is 14.6. The fraction of sp³-hybridized carbons (Fsp3) is 0.500. The zero-order valence-corrected chi connectivity index (χ0v) is 12.6. The highest BCUT2D eigenvalue weighted by atomic mass is 79.9. The van der Waals surface area contributed by atoms with Gasteiger partial charge < -0.3 is 5.11 Å². The van der Waals surface area contributed by atoms with Crippen LogP contribution in [0.15, 0.2) is 8.13 Å². The van der Waals surface area contributed by atoms with Gasteiger partial charge in [-0.05, 0) is 29.8 Å². The van der Waals surface area contributed by atoms with Crippen molar-refractivity contribution in [1.82, 2.24) is 9.29 Å². The van der Waals surface area contributed by atoms with Crippen molar-refractivity contribution in [3.8, 4) is 0 Å². The molecule has 17 heavy (non-hydrogen) atoms. The van der Waals surface area contributed by atoms with Gasteiger partial charge in [0.15, 0.2) is 0 Å². The predicted octanol–water partition coefficient (Wildman–Crippen LogP) is 1.31. The predicted molar refractivity (Wildman–Crippen MR) is 66.6 cm³/mol. The number of likely N-dealkylation sites (N-methyl/N-ethyl adjacent to an activating group) is 1. The smallest absolute Gasteiger partial charge is 0.321 e. The second kappa shape index (κ2) is 5.01. The Balaban J connectivity index is 3.15. The molecule has 1 aromatic rings.